The molecule has 0 bridgehead atoms. The van der Waals surface area contributed by atoms with E-state index < -0.39 is 0 Å². The first-order valence-electron chi connectivity index (χ1n) is 10.2. The van der Waals surface area contributed by atoms with Crippen LogP contribution in [0.25, 0.3) is 10.9 Å². The number of fused-ring (bicyclic) bond motifs is 1. The Bertz CT molecular complexity index is 1230. The number of halogens is 2. The van der Waals surface area contributed by atoms with E-state index in [0.29, 0.717) is 40.5 Å². The summed E-state index contributed by atoms with van der Waals surface area (Å²) in [6.45, 7) is 0. The highest BCUT2D eigenvalue weighted by atomic mass is 35.5. The van der Waals surface area contributed by atoms with Gasteiger partial charge in [-0.15, -0.1) is 0 Å². The van der Waals surface area contributed by atoms with Gasteiger partial charge in [0.15, 0.2) is 0 Å². The number of rotatable bonds is 3. The number of carbonyl (C=O) groups excluding carboxylic acids is 1. The summed E-state index contributed by atoms with van der Waals surface area (Å²) in [5, 5.41) is 4.77. The molecule has 142 valence electrons. The van der Waals surface area contributed by atoms with E-state index in [1.165, 1.54) is 11.6 Å². The monoisotopic (exact) mass is 402 g/mol. The number of nitrogens with one attached hydrogen (secondary N) is 1. The second kappa shape index (κ2) is 4.34. The zero-order chi connectivity index (χ0) is 19.3. The molecule has 9 rings (SSSR count). The number of anilines is 1. The molecule has 1 heterocycles. The summed E-state index contributed by atoms with van der Waals surface area (Å²) in [7, 11) is 0. The van der Waals surface area contributed by atoms with Crippen molar-refractivity contribution in [1.82, 2.24) is 4.98 Å². The van der Waals surface area contributed by atoms with Gasteiger partial charge in [-0.25, -0.2) is 4.39 Å². The van der Waals surface area contributed by atoms with Crippen LogP contribution in [-0.2, 0) is 10.2 Å². The van der Waals surface area contributed by atoms with E-state index in [1.54, 1.807) is 24.3 Å². The Morgan fingerprint density at radius 3 is 2.34 bits per heavy atom. The molecule has 0 spiro atoms. The molecule has 0 aliphatic heterocycles. The van der Waals surface area contributed by atoms with Gasteiger partial charge in [0.05, 0.1) is 10.9 Å². The fraction of sp³-hybridized carbons (Fsp3) is 0.333. The average Bonchev–Trinajstić information content (AvgIpc) is 2.74. The van der Waals surface area contributed by atoms with E-state index in [2.05, 4.69) is 16.4 Å². The molecule has 1 N–H and O–H groups in total. The predicted octanol–water partition coefficient (Wildman–Crippen LogP) is 4.66. The minimum atomic E-state index is -0.206. The number of hydrogen-bond donors (Lipinski definition) is 1. The number of carbonyl (C=O) groups is 1. The molecule has 0 radical (unpaired) electrons. The van der Waals surface area contributed by atoms with Crippen molar-refractivity contribution in [1.29, 1.82) is 0 Å². The third kappa shape index (κ3) is 1.25. The molecule has 3 aromatic rings. The SMILES string of the molecule is O=C(Nc1ccc(Cl)cc1)C12C3C4C1C1C2C3C41c1ccnc2ccc(F)cc12. The summed E-state index contributed by atoms with van der Waals surface area (Å²) in [5.41, 5.74) is 3.02. The maximum Gasteiger partial charge on any atom is 0.231 e. The van der Waals surface area contributed by atoms with E-state index >= 15 is 0 Å². The predicted molar refractivity (Wildman–Crippen MR) is 107 cm³/mol. The average molecular weight is 403 g/mol. The Hall–Kier alpha value is -2.46. The van der Waals surface area contributed by atoms with Crippen LogP contribution in [0.4, 0.5) is 10.1 Å². The van der Waals surface area contributed by atoms with Gasteiger partial charge in [-0.05, 0) is 89.6 Å². The Morgan fingerprint density at radius 2 is 1.66 bits per heavy atom. The molecule has 2 aromatic carbocycles. The van der Waals surface area contributed by atoms with Crippen molar-refractivity contribution < 1.29 is 9.18 Å². The van der Waals surface area contributed by atoms with Gasteiger partial charge in [0.1, 0.15) is 5.82 Å². The fourth-order valence-electron chi connectivity index (χ4n) is 8.79. The highest BCUT2D eigenvalue weighted by molar-refractivity contribution is 6.30. The summed E-state index contributed by atoms with van der Waals surface area (Å²) in [6.07, 6.45) is 1.86. The molecule has 0 atom stereocenters. The van der Waals surface area contributed by atoms with Crippen LogP contribution in [0.15, 0.2) is 54.7 Å². The third-order valence-electron chi connectivity index (χ3n) is 9.30. The first-order valence-corrected chi connectivity index (χ1v) is 10.6. The van der Waals surface area contributed by atoms with Gasteiger partial charge in [-0.2, -0.15) is 0 Å². The van der Waals surface area contributed by atoms with Crippen LogP contribution in [0.2, 0.25) is 5.02 Å². The number of pyridine rings is 1. The van der Waals surface area contributed by atoms with E-state index in [1.807, 2.05) is 18.3 Å². The van der Waals surface area contributed by atoms with Crippen LogP contribution in [0.5, 0.6) is 0 Å². The summed E-state index contributed by atoms with van der Waals surface area (Å²) in [5.74, 6) is 3.28. The minimum Gasteiger partial charge on any atom is -0.326 e. The number of benzene rings is 2. The summed E-state index contributed by atoms with van der Waals surface area (Å²) in [6, 6.07) is 14.3. The fourth-order valence-corrected chi connectivity index (χ4v) is 8.92. The maximum atomic E-state index is 14.0. The zero-order valence-electron chi connectivity index (χ0n) is 15.3. The molecule has 5 heteroatoms. The standard InChI is InChI=1S/C24H16ClFN2O/c25-10-1-4-12(5-2-10)28-22(29)24-19-16-20(24)18-21(24)17(19)23(16,18)14-7-8-27-15-6-3-11(26)9-13(14)15/h1-9,16-21H,(H,28,29). The Labute approximate surface area is 171 Å². The van der Waals surface area contributed by atoms with Gasteiger partial charge >= 0.3 is 0 Å². The lowest BCUT2D eigenvalue weighted by atomic mass is 8.91. The van der Waals surface area contributed by atoms with Crippen molar-refractivity contribution in [2.24, 2.45) is 40.9 Å². The molecule has 6 saturated carbocycles. The zero-order valence-corrected chi connectivity index (χ0v) is 16.0. The smallest absolute Gasteiger partial charge is 0.231 e. The van der Waals surface area contributed by atoms with E-state index in [4.69, 9.17) is 11.6 Å². The first-order chi connectivity index (χ1) is 14.1. The Kier molecular flexibility index (Phi) is 2.30. The Balaban J connectivity index is 1.14. The van der Waals surface area contributed by atoms with E-state index in [-0.39, 0.29) is 22.6 Å². The van der Waals surface area contributed by atoms with Crippen molar-refractivity contribution >= 4 is 34.1 Å². The van der Waals surface area contributed by atoms with Crippen molar-refractivity contribution in [3.05, 3.63) is 71.1 Å². The van der Waals surface area contributed by atoms with Crippen LogP contribution < -0.4 is 5.32 Å². The molecule has 1 amide bonds. The van der Waals surface area contributed by atoms with Crippen LogP contribution in [0.1, 0.15) is 5.56 Å². The molecule has 6 aliphatic rings. The molecular weight excluding hydrogens is 387 g/mol. The van der Waals surface area contributed by atoms with Gasteiger partial charge in [0.25, 0.3) is 0 Å². The largest absolute Gasteiger partial charge is 0.326 e. The highest BCUT2D eigenvalue weighted by Crippen LogP contribution is 3.10. The number of amides is 1. The Morgan fingerprint density at radius 1 is 0.966 bits per heavy atom. The van der Waals surface area contributed by atoms with Gasteiger partial charge in [0, 0.05) is 27.7 Å². The molecular formula is C24H16ClFN2O. The van der Waals surface area contributed by atoms with Gasteiger partial charge in [-0.1, -0.05) is 11.6 Å². The number of nitrogens with zero attached hydrogens (tertiary/aromatic N) is 1. The lowest BCUT2D eigenvalue weighted by molar-refractivity contribution is -0.609. The molecule has 1 aromatic heterocycles. The van der Waals surface area contributed by atoms with Crippen molar-refractivity contribution in [3.8, 4) is 0 Å². The van der Waals surface area contributed by atoms with E-state index in [9.17, 15) is 9.18 Å². The quantitative estimate of drug-likeness (QED) is 0.692. The molecule has 0 unspecified atom stereocenters. The molecule has 0 saturated heterocycles. The first kappa shape index (κ1) is 15.4. The lowest BCUT2D eigenvalue weighted by Gasteiger charge is -3.10. The summed E-state index contributed by atoms with van der Waals surface area (Å²) < 4.78 is 14.0. The lowest BCUT2D eigenvalue weighted by Crippen LogP contribution is -3.12. The van der Waals surface area contributed by atoms with Crippen molar-refractivity contribution in [3.63, 3.8) is 0 Å². The van der Waals surface area contributed by atoms with Gasteiger partial charge in [0.2, 0.25) is 5.91 Å². The maximum absolute atomic E-state index is 14.0. The molecule has 3 nitrogen and oxygen atoms in total. The van der Waals surface area contributed by atoms with Crippen LogP contribution in [-0.4, -0.2) is 10.9 Å². The molecule has 6 fully saturated rings. The van der Waals surface area contributed by atoms with E-state index in [0.717, 1.165) is 16.6 Å². The minimum absolute atomic E-state index is 0.129. The number of hydrogen-bond acceptors (Lipinski definition) is 2. The topological polar surface area (TPSA) is 42.0 Å². The third-order valence-corrected chi connectivity index (χ3v) is 9.55. The highest BCUT2D eigenvalue weighted by Gasteiger charge is 3.11. The second-order valence-electron chi connectivity index (χ2n) is 9.50. The number of aromatic nitrogens is 1. The van der Waals surface area contributed by atoms with Gasteiger partial charge < -0.3 is 5.32 Å². The summed E-state index contributed by atoms with van der Waals surface area (Å²) in [4.78, 5) is 17.6. The molecule has 29 heavy (non-hydrogen) atoms. The normalized spacial score (nSPS) is 43.2. The van der Waals surface area contributed by atoms with Crippen LogP contribution in [0.3, 0.4) is 0 Å². The van der Waals surface area contributed by atoms with Crippen LogP contribution >= 0.6 is 11.6 Å². The second-order valence-corrected chi connectivity index (χ2v) is 9.94. The summed E-state index contributed by atoms with van der Waals surface area (Å²) >= 11 is 5.95. The van der Waals surface area contributed by atoms with Crippen molar-refractivity contribution in [2.75, 3.05) is 5.32 Å². The van der Waals surface area contributed by atoms with Crippen LogP contribution in [0, 0.1) is 46.7 Å². The molecule has 6 aliphatic carbocycles. The van der Waals surface area contributed by atoms with Gasteiger partial charge in [-0.3, -0.25) is 9.78 Å². The van der Waals surface area contributed by atoms with Crippen molar-refractivity contribution in [2.45, 2.75) is 5.41 Å².